The van der Waals surface area contributed by atoms with Crippen molar-refractivity contribution in [2.24, 2.45) is 11.5 Å². The summed E-state index contributed by atoms with van der Waals surface area (Å²) in [6, 6.07) is -0.833. The molecule has 0 unspecified atom stereocenters. The average molecular weight is 197 g/mol. The summed E-state index contributed by atoms with van der Waals surface area (Å²) in [4.78, 5) is 34.6. The van der Waals surface area contributed by atoms with Crippen LogP contribution < -0.4 is 32.3 Å². The molecule has 64 valence electrons. The van der Waals surface area contributed by atoms with E-state index in [1.165, 1.54) is 0 Å². The summed E-state index contributed by atoms with van der Waals surface area (Å²) < 4.78 is 8.55. The summed E-state index contributed by atoms with van der Waals surface area (Å²) >= 11 is 0. The summed E-state index contributed by atoms with van der Waals surface area (Å²) in [7, 11) is -5.39. The van der Waals surface area contributed by atoms with Crippen molar-refractivity contribution in [1.29, 1.82) is 0 Å². The smallest absolute Gasteiger partial charge is 0.822 e. The van der Waals surface area contributed by atoms with Crippen LogP contribution in [0.15, 0.2) is 0 Å². The largest absolute Gasteiger partial charge is 2.00 e. The van der Waals surface area contributed by atoms with Gasteiger partial charge in [0.15, 0.2) is 0 Å². The maximum atomic E-state index is 9.00. The second kappa shape index (κ2) is 10.1. The molecule has 0 aromatic rings. The van der Waals surface area contributed by atoms with Crippen LogP contribution in [0.5, 0.6) is 0 Å². The minimum absolute atomic E-state index is 0. The number of phosphoric acid groups is 1. The maximum Gasteiger partial charge on any atom is 2.00 e. The molecule has 8 N–H and O–H groups in total. The minimum atomic E-state index is -5.39. The molecule has 0 heterocycles. The van der Waals surface area contributed by atoms with Gasteiger partial charge in [0.05, 0.1) is 0 Å². The van der Waals surface area contributed by atoms with Crippen LogP contribution in [0.4, 0.5) is 4.79 Å². The number of amides is 2. The first-order valence-corrected chi connectivity index (χ1v) is 2.97. The third kappa shape index (κ3) is 58800. The van der Waals surface area contributed by atoms with Gasteiger partial charge in [0.25, 0.3) is 0 Å². The Morgan fingerprint density at radius 2 is 1.18 bits per heavy atom. The van der Waals surface area contributed by atoms with Crippen LogP contribution in [0.1, 0.15) is 0 Å². The Balaban J connectivity index is -0.0000000383. The van der Waals surface area contributed by atoms with Gasteiger partial charge < -0.3 is 36.9 Å². The van der Waals surface area contributed by atoms with E-state index in [0.29, 0.717) is 0 Å². The number of quaternary nitrogens is 1. The summed E-state index contributed by atoms with van der Waals surface area (Å²) in [6.45, 7) is 0. The SMILES string of the molecule is NC(N)=O.O=P([O-])([O-])[O-].[Mg+2].[NH4+]. The Morgan fingerprint density at radius 1 is 1.18 bits per heavy atom. The van der Waals surface area contributed by atoms with Crippen LogP contribution in [0.25, 0.3) is 0 Å². The van der Waals surface area contributed by atoms with Crippen LogP contribution >= 0.6 is 7.82 Å². The molecule has 0 aromatic heterocycles. The molecule has 0 radical (unpaired) electrons. The van der Waals surface area contributed by atoms with E-state index in [0.717, 1.165) is 0 Å². The predicted octanol–water partition coefficient (Wildman–Crippen LogP) is -3.81. The third-order valence-electron chi connectivity index (χ3n) is 0. The van der Waals surface area contributed by atoms with E-state index < -0.39 is 13.9 Å². The second-order valence-electron chi connectivity index (χ2n) is 0.850. The molecule has 0 aliphatic rings. The van der Waals surface area contributed by atoms with Crippen molar-refractivity contribution < 1.29 is 24.0 Å². The van der Waals surface area contributed by atoms with E-state index in [9.17, 15) is 0 Å². The van der Waals surface area contributed by atoms with Gasteiger partial charge in [-0.15, -0.1) is 0 Å². The second-order valence-corrected chi connectivity index (χ2v) is 1.74. The zero-order valence-electron chi connectivity index (χ0n) is 5.85. The van der Waals surface area contributed by atoms with Crippen LogP contribution in [-0.4, -0.2) is 29.1 Å². The molecular formula is CH8MgN3O5P. The number of rotatable bonds is 0. The van der Waals surface area contributed by atoms with Crippen molar-refractivity contribution in [3.8, 4) is 0 Å². The number of nitrogens with two attached hydrogens (primary N) is 2. The fourth-order valence-electron chi connectivity index (χ4n) is 0. The number of primary amides is 2. The van der Waals surface area contributed by atoms with Crippen LogP contribution in [-0.2, 0) is 4.57 Å². The standard InChI is InChI=1S/CH4N2O.Mg.H3N.H3O4P/c2-1(3)4;;;1-5(2,3)4/h(H4,2,3,4);;1H3;(H3,1,2,3,4)/q;+2;;/p-2. The normalized spacial score (nSPS) is 7.55. The van der Waals surface area contributed by atoms with E-state index >= 15 is 0 Å². The topological polar surface area (TPSA) is 192 Å². The van der Waals surface area contributed by atoms with E-state index in [-0.39, 0.29) is 29.2 Å². The van der Waals surface area contributed by atoms with E-state index in [4.69, 9.17) is 24.0 Å². The molecule has 0 atom stereocenters. The number of hydrogen-bond acceptors (Lipinski definition) is 5. The van der Waals surface area contributed by atoms with Crippen molar-refractivity contribution in [1.82, 2.24) is 6.15 Å². The van der Waals surface area contributed by atoms with Gasteiger partial charge in [0.2, 0.25) is 0 Å². The van der Waals surface area contributed by atoms with Gasteiger partial charge in [0.1, 0.15) is 0 Å². The first-order valence-electron chi connectivity index (χ1n) is 1.51. The first-order chi connectivity index (χ1) is 3.73. The molecule has 0 rings (SSSR count). The summed E-state index contributed by atoms with van der Waals surface area (Å²) in [5.41, 5.74) is 8.50. The molecule has 0 aromatic carbocycles. The molecule has 0 saturated heterocycles. The molecule has 0 bridgehead atoms. The molecule has 0 aliphatic carbocycles. The van der Waals surface area contributed by atoms with Crippen LogP contribution in [0, 0.1) is 0 Å². The fraction of sp³-hybridized carbons (Fsp3) is 0. The van der Waals surface area contributed by atoms with Gasteiger partial charge in [0, 0.05) is 0 Å². The molecular weight excluding hydrogens is 189 g/mol. The van der Waals surface area contributed by atoms with Crippen molar-refractivity contribution in [2.75, 3.05) is 0 Å². The Bertz CT molecular complexity index is 121. The Labute approximate surface area is 78.9 Å². The Kier molecular flexibility index (Phi) is 20.6. The van der Waals surface area contributed by atoms with Gasteiger partial charge in [-0.2, -0.15) is 7.82 Å². The quantitative estimate of drug-likeness (QED) is 0.264. The van der Waals surface area contributed by atoms with Crippen molar-refractivity contribution in [3.63, 3.8) is 0 Å². The summed E-state index contributed by atoms with van der Waals surface area (Å²) in [5.74, 6) is 0. The Hall–Kier alpha value is 0.106. The van der Waals surface area contributed by atoms with Gasteiger partial charge in [-0.25, -0.2) is 4.79 Å². The summed E-state index contributed by atoms with van der Waals surface area (Å²) in [6.07, 6.45) is 0. The molecule has 11 heavy (non-hydrogen) atoms. The van der Waals surface area contributed by atoms with E-state index in [1.54, 1.807) is 0 Å². The van der Waals surface area contributed by atoms with Gasteiger partial charge in [-0.3, -0.25) is 0 Å². The fourth-order valence-corrected chi connectivity index (χ4v) is 0. The molecule has 10 heteroatoms. The summed E-state index contributed by atoms with van der Waals surface area (Å²) in [5, 5.41) is 0. The number of carbonyl (C=O) groups excluding carboxylic acids is 1. The zero-order chi connectivity index (χ0) is 8.08. The number of urea groups is 1. The van der Waals surface area contributed by atoms with Gasteiger partial charge >= 0.3 is 29.1 Å². The number of hydrogen-bond donors (Lipinski definition) is 3. The predicted molar refractivity (Wildman–Crippen MR) is 33.1 cm³/mol. The van der Waals surface area contributed by atoms with Gasteiger partial charge in [-0.05, 0) is 0 Å². The molecule has 0 fully saturated rings. The molecule has 0 aliphatic heterocycles. The Morgan fingerprint density at radius 3 is 1.18 bits per heavy atom. The van der Waals surface area contributed by atoms with E-state index in [2.05, 4.69) is 11.5 Å². The minimum Gasteiger partial charge on any atom is -0.822 e. The van der Waals surface area contributed by atoms with Crippen molar-refractivity contribution >= 4 is 36.9 Å². The monoisotopic (exact) mass is 197 g/mol. The number of carbonyl (C=O) groups is 1. The molecule has 0 spiro atoms. The maximum absolute atomic E-state index is 9.00. The first kappa shape index (κ1) is 22.5. The van der Waals surface area contributed by atoms with Gasteiger partial charge in [-0.1, -0.05) is 0 Å². The van der Waals surface area contributed by atoms with Crippen molar-refractivity contribution in [3.05, 3.63) is 0 Å². The zero-order valence-corrected chi connectivity index (χ0v) is 8.16. The van der Waals surface area contributed by atoms with Crippen molar-refractivity contribution in [2.45, 2.75) is 0 Å². The van der Waals surface area contributed by atoms with Crippen LogP contribution in [0.2, 0.25) is 0 Å². The molecule has 2 amide bonds. The molecule has 8 nitrogen and oxygen atoms in total. The third-order valence-corrected chi connectivity index (χ3v) is 0. The average Bonchev–Trinajstić information content (AvgIpc) is 1.19. The van der Waals surface area contributed by atoms with E-state index in [1.807, 2.05) is 0 Å². The van der Waals surface area contributed by atoms with Crippen LogP contribution in [0.3, 0.4) is 0 Å². The molecule has 0 saturated carbocycles.